The maximum absolute atomic E-state index is 12.2. The third-order valence-electron chi connectivity index (χ3n) is 3.66. The maximum atomic E-state index is 12.2. The monoisotopic (exact) mass is 273 g/mol. The molecule has 1 aliphatic rings. The Labute approximate surface area is 113 Å². The van der Waals surface area contributed by atoms with Gasteiger partial charge in [0, 0.05) is 20.3 Å². The molecule has 0 aromatic heterocycles. The zero-order valence-electron chi connectivity index (χ0n) is 11.6. The van der Waals surface area contributed by atoms with Gasteiger partial charge in [-0.2, -0.15) is 0 Å². The Hall–Kier alpha value is -1.14. The van der Waals surface area contributed by atoms with Gasteiger partial charge < -0.3 is 19.9 Å². The molecule has 1 fully saturated rings. The number of amides is 1. The Morgan fingerprint density at radius 2 is 2.11 bits per heavy atom. The number of aliphatic carboxylic acids is 1. The first kappa shape index (κ1) is 15.9. The Balaban J connectivity index is 2.55. The first-order valence-corrected chi connectivity index (χ1v) is 6.66. The molecule has 0 spiro atoms. The van der Waals surface area contributed by atoms with Gasteiger partial charge in [-0.3, -0.25) is 4.79 Å². The molecule has 19 heavy (non-hydrogen) atoms. The first-order valence-electron chi connectivity index (χ1n) is 6.66. The molecule has 1 rings (SSSR count). The molecule has 0 aliphatic heterocycles. The molecule has 0 radical (unpaired) electrons. The minimum Gasteiger partial charge on any atom is -0.480 e. The number of carboxylic acid groups (broad SMARTS) is 1. The number of carboxylic acids is 1. The molecule has 1 amide bonds. The van der Waals surface area contributed by atoms with Crippen molar-refractivity contribution < 1.29 is 24.2 Å². The number of hydrogen-bond acceptors (Lipinski definition) is 4. The summed E-state index contributed by atoms with van der Waals surface area (Å²) in [7, 11) is 1.41. The van der Waals surface area contributed by atoms with Crippen molar-refractivity contribution in [1.82, 2.24) is 5.32 Å². The van der Waals surface area contributed by atoms with Crippen molar-refractivity contribution in [2.45, 2.75) is 38.6 Å². The first-order chi connectivity index (χ1) is 9.05. The second-order valence-corrected chi connectivity index (χ2v) is 4.90. The highest BCUT2D eigenvalue weighted by Gasteiger charge is 2.44. The van der Waals surface area contributed by atoms with Crippen molar-refractivity contribution in [3.63, 3.8) is 0 Å². The van der Waals surface area contributed by atoms with Crippen LogP contribution in [0, 0.1) is 5.41 Å². The van der Waals surface area contributed by atoms with Gasteiger partial charge in [0.2, 0.25) is 5.91 Å². The second-order valence-electron chi connectivity index (χ2n) is 4.90. The highest BCUT2D eigenvalue weighted by Crippen LogP contribution is 2.44. The van der Waals surface area contributed by atoms with E-state index in [0.29, 0.717) is 19.6 Å². The molecule has 0 bridgehead atoms. The van der Waals surface area contributed by atoms with E-state index in [1.807, 2.05) is 6.92 Å². The van der Waals surface area contributed by atoms with E-state index in [0.717, 1.165) is 19.3 Å². The summed E-state index contributed by atoms with van der Waals surface area (Å²) in [6.45, 7) is 3.04. The number of methoxy groups -OCH3 is 1. The maximum Gasteiger partial charge on any atom is 0.328 e. The van der Waals surface area contributed by atoms with E-state index < -0.39 is 17.4 Å². The summed E-state index contributed by atoms with van der Waals surface area (Å²) >= 11 is 0. The lowest BCUT2D eigenvalue weighted by Crippen LogP contribution is -2.53. The number of rotatable bonds is 9. The summed E-state index contributed by atoms with van der Waals surface area (Å²) in [6.07, 6.45) is 3.24. The molecule has 6 nitrogen and oxygen atoms in total. The number of ether oxygens (including phenoxy) is 2. The fourth-order valence-electron chi connectivity index (χ4n) is 2.26. The lowest BCUT2D eigenvalue weighted by atomic mass is 9.66. The van der Waals surface area contributed by atoms with Crippen LogP contribution in [0.2, 0.25) is 0 Å². The fourth-order valence-corrected chi connectivity index (χ4v) is 2.26. The summed E-state index contributed by atoms with van der Waals surface area (Å²) < 4.78 is 10.1. The predicted molar refractivity (Wildman–Crippen MR) is 68.8 cm³/mol. The Morgan fingerprint density at radius 1 is 1.42 bits per heavy atom. The average molecular weight is 273 g/mol. The molecule has 6 heteroatoms. The van der Waals surface area contributed by atoms with Crippen molar-refractivity contribution >= 4 is 11.9 Å². The van der Waals surface area contributed by atoms with Gasteiger partial charge in [0.25, 0.3) is 0 Å². The molecule has 0 heterocycles. The van der Waals surface area contributed by atoms with Crippen LogP contribution >= 0.6 is 0 Å². The van der Waals surface area contributed by atoms with Crippen molar-refractivity contribution in [3.8, 4) is 0 Å². The third kappa shape index (κ3) is 4.18. The van der Waals surface area contributed by atoms with Crippen LogP contribution < -0.4 is 5.32 Å². The molecule has 0 aromatic rings. The van der Waals surface area contributed by atoms with E-state index >= 15 is 0 Å². The van der Waals surface area contributed by atoms with Crippen molar-refractivity contribution in [1.29, 1.82) is 0 Å². The van der Waals surface area contributed by atoms with Crippen molar-refractivity contribution in [3.05, 3.63) is 0 Å². The van der Waals surface area contributed by atoms with E-state index in [-0.39, 0.29) is 12.5 Å². The molecular weight excluding hydrogens is 250 g/mol. The molecule has 0 saturated heterocycles. The van der Waals surface area contributed by atoms with Crippen molar-refractivity contribution in [2.24, 2.45) is 5.41 Å². The summed E-state index contributed by atoms with van der Waals surface area (Å²) in [4.78, 5) is 23.2. The largest absolute Gasteiger partial charge is 0.480 e. The van der Waals surface area contributed by atoms with Gasteiger partial charge in [0.05, 0.1) is 12.0 Å². The number of nitrogens with one attached hydrogen (secondary N) is 1. The topological polar surface area (TPSA) is 84.9 Å². The van der Waals surface area contributed by atoms with Crippen LogP contribution in [0.25, 0.3) is 0 Å². The van der Waals surface area contributed by atoms with E-state index in [9.17, 15) is 9.59 Å². The Kier molecular flexibility index (Phi) is 6.24. The minimum atomic E-state index is -1.07. The molecule has 1 unspecified atom stereocenters. The molecule has 0 aromatic carbocycles. The van der Waals surface area contributed by atoms with Gasteiger partial charge in [0.1, 0.15) is 0 Å². The van der Waals surface area contributed by atoms with Crippen molar-refractivity contribution in [2.75, 3.05) is 26.9 Å². The molecule has 2 N–H and O–H groups in total. The van der Waals surface area contributed by atoms with E-state index in [4.69, 9.17) is 14.6 Å². The molecule has 1 atom stereocenters. The van der Waals surface area contributed by atoms with Gasteiger partial charge in [-0.25, -0.2) is 4.79 Å². The highest BCUT2D eigenvalue weighted by molar-refractivity contribution is 5.88. The molecule has 1 aliphatic carbocycles. The summed E-state index contributed by atoms with van der Waals surface area (Å²) in [5.74, 6) is -1.27. The Bertz CT molecular complexity index is 314. The molecular formula is C13H23NO5. The van der Waals surface area contributed by atoms with Crippen LogP contribution in [0.15, 0.2) is 0 Å². The van der Waals surface area contributed by atoms with Crippen LogP contribution in [-0.2, 0) is 19.1 Å². The second kappa shape index (κ2) is 7.45. The van der Waals surface area contributed by atoms with Crippen LogP contribution in [0.3, 0.4) is 0 Å². The number of hydrogen-bond donors (Lipinski definition) is 2. The van der Waals surface area contributed by atoms with E-state index in [1.165, 1.54) is 7.11 Å². The summed E-state index contributed by atoms with van der Waals surface area (Å²) in [5.41, 5.74) is -0.448. The van der Waals surface area contributed by atoms with Gasteiger partial charge >= 0.3 is 5.97 Å². The number of carbonyl (C=O) groups excluding carboxylic acids is 1. The van der Waals surface area contributed by atoms with E-state index in [2.05, 4.69) is 5.32 Å². The molecule has 110 valence electrons. The minimum absolute atomic E-state index is 0.0252. The van der Waals surface area contributed by atoms with Crippen LogP contribution in [-0.4, -0.2) is 50.0 Å². The standard InChI is InChI=1S/C13H23NO5/c1-3-19-8-7-13(5-4-6-13)12(17)14-10(9-18-2)11(15)16/h10H,3-9H2,1-2H3,(H,14,17)(H,15,16). The van der Waals surface area contributed by atoms with Gasteiger partial charge in [0.15, 0.2) is 6.04 Å². The van der Waals surface area contributed by atoms with Crippen LogP contribution in [0.1, 0.15) is 32.6 Å². The SMILES string of the molecule is CCOCCC1(C(=O)NC(COC)C(=O)O)CCC1. The lowest BCUT2D eigenvalue weighted by Gasteiger charge is -2.40. The molecule has 1 saturated carbocycles. The number of carbonyl (C=O) groups is 2. The Morgan fingerprint density at radius 3 is 2.53 bits per heavy atom. The smallest absolute Gasteiger partial charge is 0.328 e. The quantitative estimate of drug-likeness (QED) is 0.607. The van der Waals surface area contributed by atoms with Crippen LogP contribution in [0.5, 0.6) is 0 Å². The van der Waals surface area contributed by atoms with Gasteiger partial charge in [-0.15, -0.1) is 0 Å². The summed E-state index contributed by atoms with van der Waals surface area (Å²) in [6, 6.07) is -0.984. The zero-order chi connectivity index (χ0) is 14.3. The predicted octanol–water partition coefficient (Wildman–Crippen LogP) is 0.799. The van der Waals surface area contributed by atoms with Crippen LogP contribution in [0.4, 0.5) is 0 Å². The van der Waals surface area contributed by atoms with Gasteiger partial charge in [-0.1, -0.05) is 6.42 Å². The van der Waals surface area contributed by atoms with E-state index in [1.54, 1.807) is 0 Å². The fraction of sp³-hybridized carbons (Fsp3) is 0.846. The summed E-state index contributed by atoms with van der Waals surface area (Å²) in [5, 5.41) is 11.6. The lowest BCUT2D eigenvalue weighted by molar-refractivity contribution is -0.148. The van der Waals surface area contributed by atoms with Gasteiger partial charge in [-0.05, 0) is 26.2 Å². The average Bonchev–Trinajstić information content (AvgIpc) is 2.31. The highest BCUT2D eigenvalue weighted by atomic mass is 16.5. The zero-order valence-corrected chi connectivity index (χ0v) is 11.6. The normalized spacial score (nSPS) is 18.4. The third-order valence-corrected chi connectivity index (χ3v) is 3.66.